The molecule has 188 valence electrons. The van der Waals surface area contributed by atoms with Gasteiger partial charge in [-0.1, -0.05) is 78.9 Å². The zero-order valence-electron chi connectivity index (χ0n) is 21.6. The summed E-state index contributed by atoms with van der Waals surface area (Å²) in [6.45, 7) is 0. The zero-order valence-corrected chi connectivity index (χ0v) is 21.6. The van der Waals surface area contributed by atoms with E-state index in [9.17, 15) is 5.26 Å². The second kappa shape index (κ2) is 9.90. The van der Waals surface area contributed by atoms with Crippen molar-refractivity contribution in [1.82, 2.24) is 4.98 Å². The maximum Gasteiger partial charge on any atom is 0.101 e. The molecule has 1 aliphatic rings. The van der Waals surface area contributed by atoms with Gasteiger partial charge in [-0.3, -0.25) is 4.98 Å². The standard InChI is InChI=1S/C36H24N4/c37-25-28-14-11-23-38-36(28)27-13-10-12-26(24-27)30-17-4-5-18-31(30)40-34-21-8-6-19-32(34)39(29-15-2-1-3-16-29)33-20-7-9-22-35(33)40/h1-24H. The Morgan fingerprint density at radius 1 is 0.500 bits per heavy atom. The molecule has 5 aromatic carbocycles. The van der Waals surface area contributed by atoms with Crippen molar-refractivity contribution in [1.29, 1.82) is 5.26 Å². The molecule has 0 saturated heterocycles. The first-order valence-electron chi connectivity index (χ1n) is 13.2. The molecule has 1 aromatic heterocycles. The number of fused-ring (bicyclic) bond motifs is 2. The molecule has 4 nitrogen and oxygen atoms in total. The van der Waals surface area contributed by atoms with Gasteiger partial charge in [-0.2, -0.15) is 5.26 Å². The number of nitriles is 1. The van der Waals surface area contributed by atoms with E-state index in [2.05, 4.69) is 130 Å². The lowest BCUT2D eigenvalue weighted by Crippen LogP contribution is -2.24. The fourth-order valence-electron chi connectivity index (χ4n) is 5.53. The van der Waals surface area contributed by atoms with Crippen LogP contribution in [0.1, 0.15) is 5.56 Å². The van der Waals surface area contributed by atoms with Gasteiger partial charge in [0.05, 0.1) is 39.7 Å². The number of benzene rings is 5. The van der Waals surface area contributed by atoms with E-state index < -0.39 is 0 Å². The second-order valence-electron chi connectivity index (χ2n) is 9.59. The van der Waals surface area contributed by atoms with E-state index in [4.69, 9.17) is 0 Å². The molecule has 7 rings (SSSR count). The normalized spacial score (nSPS) is 11.9. The monoisotopic (exact) mass is 512 g/mol. The van der Waals surface area contributed by atoms with Crippen LogP contribution < -0.4 is 9.80 Å². The molecule has 0 bridgehead atoms. The van der Waals surface area contributed by atoms with Crippen LogP contribution in [0.25, 0.3) is 22.4 Å². The van der Waals surface area contributed by atoms with Gasteiger partial charge in [0.2, 0.25) is 0 Å². The summed E-state index contributed by atoms with van der Waals surface area (Å²) >= 11 is 0. The van der Waals surface area contributed by atoms with Crippen LogP contribution in [0.4, 0.5) is 34.1 Å². The van der Waals surface area contributed by atoms with Crippen molar-refractivity contribution in [3.05, 3.63) is 151 Å². The fraction of sp³-hybridized carbons (Fsp3) is 0. The third kappa shape index (κ3) is 3.89. The van der Waals surface area contributed by atoms with Crippen molar-refractivity contribution in [3.8, 4) is 28.5 Å². The highest BCUT2D eigenvalue weighted by atomic mass is 15.3. The average Bonchev–Trinajstić information content (AvgIpc) is 3.04. The van der Waals surface area contributed by atoms with Crippen LogP contribution in [-0.2, 0) is 0 Å². The van der Waals surface area contributed by atoms with Gasteiger partial charge in [-0.05, 0) is 66.2 Å². The Kier molecular flexibility index (Phi) is 5.81. The molecule has 0 spiro atoms. The van der Waals surface area contributed by atoms with E-state index in [0.29, 0.717) is 11.3 Å². The maximum atomic E-state index is 9.67. The molecular weight excluding hydrogens is 488 g/mol. The van der Waals surface area contributed by atoms with Crippen molar-refractivity contribution in [2.75, 3.05) is 9.80 Å². The van der Waals surface area contributed by atoms with E-state index in [1.807, 2.05) is 24.3 Å². The van der Waals surface area contributed by atoms with Gasteiger partial charge in [0, 0.05) is 23.0 Å². The van der Waals surface area contributed by atoms with Crippen LogP contribution in [-0.4, -0.2) is 4.98 Å². The van der Waals surface area contributed by atoms with Gasteiger partial charge in [0.1, 0.15) is 6.07 Å². The predicted octanol–water partition coefficient (Wildman–Crippen LogP) is 9.54. The third-order valence-corrected chi connectivity index (χ3v) is 7.26. The van der Waals surface area contributed by atoms with E-state index >= 15 is 0 Å². The molecule has 0 amide bonds. The Morgan fingerprint density at radius 3 is 1.75 bits per heavy atom. The zero-order chi connectivity index (χ0) is 26.9. The molecular formula is C36H24N4. The summed E-state index contributed by atoms with van der Waals surface area (Å²) in [5.41, 5.74) is 10.9. The van der Waals surface area contributed by atoms with Crippen LogP contribution in [0.3, 0.4) is 0 Å². The minimum absolute atomic E-state index is 0.563. The molecule has 0 radical (unpaired) electrons. The van der Waals surface area contributed by atoms with Crippen LogP contribution in [0.5, 0.6) is 0 Å². The second-order valence-corrected chi connectivity index (χ2v) is 9.59. The maximum absolute atomic E-state index is 9.67. The molecule has 0 fully saturated rings. The Balaban J connectivity index is 1.43. The predicted molar refractivity (Wildman–Crippen MR) is 163 cm³/mol. The summed E-state index contributed by atoms with van der Waals surface area (Å²) < 4.78 is 0. The van der Waals surface area contributed by atoms with E-state index in [1.165, 1.54) is 0 Å². The molecule has 1 aliphatic heterocycles. The molecule has 4 heteroatoms. The van der Waals surface area contributed by atoms with Gasteiger partial charge in [0.25, 0.3) is 0 Å². The van der Waals surface area contributed by atoms with Crippen LogP contribution in [0, 0.1) is 11.3 Å². The number of hydrogen-bond donors (Lipinski definition) is 0. The van der Waals surface area contributed by atoms with Crippen molar-refractivity contribution in [2.24, 2.45) is 0 Å². The largest absolute Gasteiger partial charge is 0.306 e. The third-order valence-electron chi connectivity index (χ3n) is 7.26. The van der Waals surface area contributed by atoms with Gasteiger partial charge in [0.15, 0.2) is 0 Å². The van der Waals surface area contributed by atoms with E-state index in [-0.39, 0.29) is 0 Å². The Bertz CT molecular complexity index is 1840. The smallest absolute Gasteiger partial charge is 0.101 e. The van der Waals surface area contributed by atoms with E-state index in [1.54, 1.807) is 12.3 Å². The molecule has 40 heavy (non-hydrogen) atoms. The Morgan fingerprint density at radius 2 is 1.07 bits per heavy atom. The Labute approximate surface area is 233 Å². The van der Waals surface area contributed by atoms with Crippen molar-refractivity contribution in [3.63, 3.8) is 0 Å². The highest BCUT2D eigenvalue weighted by Gasteiger charge is 2.31. The fourth-order valence-corrected chi connectivity index (χ4v) is 5.53. The number of hydrogen-bond acceptors (Lipinski definition) is 4. The topological polar surface area (TPSA) is 43.2 Å². The number of pyridine rings is 1. The van der Waals surface area contributed by atoms with Gasteiger partial charge >= 0.3 is 0 Å². The first kappa shape index (κ1) is 23.5. The number of anilines is 6. The first-order chi connectivity index (χ1) is 19.8. The lowest BCUT2D eigenvalue weighted by atomic mass is 9.96. The molecule has 6 aromatic rings. The first-order valence-corrected chi connectivity index (χ1v) is 13.2. The molecule has 0 saturated carbocycles. The SMILES string of the molecule is N#Cc1cccnc1-c1cccc(-c2ccccc2N2c3ccccc3N(c3ccccc3)c3ccccc32)c1. The van der Waals surface area contributed by atoms with Gasteiger partial charge < -0.3 is 9.80 Å². The van der Waals surface area contributed by atoms with Crippen molar-refractivity contribution < 1.29 is 0 Å². The lowest BCUT2D eigenvalue weighted by Gasteiger charge is -2.41. The quantitative estimate of drug-likeness (QED) is 0.235. The summed E-state index contributed by atoms with van der Waals surface area (Å²) in [5, 5.41) is 9.67. The Hall–Kier alpha value is -5.66. The van der Waals surface area contributed by atoms with E-state index in [0.717, 1.165) is 50.8 Å². The van der Waals surface area contributed by atoms with Gasteiger partial charge in [-0.25, -0.2) is 0 Å². The summed E-state index contributed by atoms with van der Waals surface area (Å²) in [7, 11) is 0. The molecule has 2 heterocycles. The number of nitrogens with zero attached hydrogens (tertiary/aromatic N) is 4. The summed E-state index contributed by atoms with van der Waals surface area (Å²) in [6, 6.07) is 50.3. The minimum atomic E-state index is 0.563. The molecule has 0 aliphatic carbocycles. The minimum Gasteiger partial charge on any atom is -0.306 e. The highest BCUT2D eigenvalue weighted by Crippen LogP contribution is 2.55. The van der Waals surface area contributed by atoms with Crippen LogP contribution >= 0.6 is 0 Å². The number of rotatable bonds is 4. The molecule has 0 atom stereocenters. The summed E-state index contributed by atoms with van der Waals surface area (Å²) in [5.74, 6) is 0. The highest BCUT2D eigenvalue weighted by molar-refractivity contribution is 6.03. The van der Waals surface area contributed by atoms with Crippen molar-refractivity contribution in [2.45, 2.75) is 0 Å². The number of para-hydroxylation sites is 6. The van der Waals surface area contributed by atoms with Crippen LogP contribution in [0.15, 0.2) is 146 Å². The van der Waals surface area contributed by atoms with Gasteiger partial charge in [-0.15, -0.1) is 0 Å². The summed E-state index contributed by atoms with van der Waals surface area (Å²) in [4.78, 5) is 9.21. The molecule has 0 N–H and O–H groups in total. The average molecular weight is 513 g/mol. The number of aromatic nitrogens is 1. The molecule has 0 unspecified atom stereocenters. The van der Waals surface area contributed by atoms with Crippen molar-refractivity contribution >= 4 is 34.1 Å². The lowest BCUT2D eigenvalue weighted by molar-refractivity contribution is 1.17. The van der Waals surface area contributed by atoms with Crippen LogP contribution in [0.2, 0.25) is 0 Å². The summed E-state index contributed by atoms with van der Waals surface area (Å²) in [6.07, 6.45) is 1.73.